The third kappa shape index (κ3) is 4.94. The largest absolute Gasteiger partial charge is 0.497 e. The molecule has 0 aliphatic heterocycles. The summed E-state index contributed by atoms with van der Waals surface area (Å²) in [5.74, 6) is 1.34. The second kappa shape index (κ2) is 8.65. The monoisotopic (exact) mass is 407 g/mol. The van der Waals surface area contributed by atoms with Gasteiger partial charge in [-0.1, -0.05) is 28.1 Å². The van der Waals surface area contributed by atoms with Crippen molar-refractivity contribution in [3.05, 3.63) is 52.5 Å². The van der Waals surface area contributed by atoms with Gasteiger partial charge in [0.2, 0.25) is 0 Å². The second-order valence-corrected chi connectivity index (χ2v) is 6.16. The van der Waals surface area contributed by atoms with Gasteiger partial charge < -0.3 is 14.8 Å². The predicted octanol–water partition coefficient (Wildman–Crippen LogP) is 4.18. The number of anilines is 1. The van der Waals surface area contributed by atoms with Crippen LogP contribution in [0.15, 0.2) is 52.0 Å². The van der Waals surface area contributed by atoms with Crippen LogP contribution in [-0.2, 0) is 0 Å². The van der Waals surface area contributed by atoms with E-state index in [0.717, 1.165) is 21.4 Å². The van der Waals surface area contributed by atoms with E-state index in [4.69, 9.17) is 21.7 Å². The van der Waals surface area contributed by atoms with Crippen molar-refractivity contribution in [2.75, 3.05) is 19.5 Å². The van der Waals surface area contributed by atoms with Gasteiger partial charge in [0.05, 0.1) is 25.6 Å². The lowest BCUT2D eigenvalue weighted by atomic mass is 10.1. The third-order valence-corrected chi connectivity index (χ3v) is 3.97. The van der Waals surface area contributed by atoms with Gasteiger partial charge in [-0.15, -0.1) is 0 Å². The summed E-state index contributed by atoms with van der Waals surface area (Å²) in [6, 6.07) is 13.3. The Hall–Kier alpha value is -2.12. The minimum absolute atomic E-state index is 0.370. The Bertz CT molecular complexity index is 748. The first kappa shape index (κ1) is 18.2. The first-order chi connectivity index (χ1) is 11.5. The highest BCUT2D eigenvalue weighted by atomic mass is 79.9. The molecule has 0 aliphatic carbocycles. The molecule has 0 bridgehead atoms. The predicted molar refractivity (Wildman–Crippen MR) is 105 cm³/mol. The van der Waals surface area contributed by atoms with Gasteiger partial charge in [-0.3, -0.25) is 5.43 Å². The van der Waals surface area contributed by atoms with Crippen molar-refractivity contribution in [1.82, 2.24) is 5.43 Å². The minimum atomic E-state index is 0.370. The number of ether oxygens (including phenoxy) is 2. The highest BCUT2D eigenvalue weighted by Gasteiger charge is 2.06. The fourth-order valence-corrected chi connectivity index (χ4v) is 2.36. The Morgan fingerprint density at radius 2 is 1.79 bits per heavy atom. The first-order valence-corrected chi connectivity index (χ1v) is 8.33. The molecule has 24 heavy (non-hydrogen) atoms. The molecule has 2 N–H and O–H groups in total. The topological polar surface area (TPSA) is 54.9 Å². The van der Waals surface area contributed by atoms with Crippen LogP contribution in [-0.4, -0.2) is 25.0 Å². The Balaban J connectivity index is 2.03. The van der Waals surface area contributed by atoms with Crippen molar-refractivity contribution >= 4 is 44.7 Å². The molecule has 0 amide bonds. The molecule has 5 nitrogen and oxygen atoms in total. The van der Waals surface area contributed by atoms with Crippen molar-refractivity contribution in [2.45, 2.75) is 6.92 Å². The lowest BCUT2D eigenvalue weighted by molar-refractivity contribution is 0.395. The Labute approximate surface area is 155 Å². The van der Waals surface area contributed by atoms with E-state index >= 15 is 0 Å². The molecule has 0 heterocycles. The van der Waals surface area contributed by atoms with Gasteiger partial charge in [-0.05, 0) is 49.0 Å². The molecule has 7 heteroatoms. The number of hydrogen-bond donors (Lipinski definition) is 2. The summed E-state index contributed by atoms with van der Waals surface area (Å²) in [6.45, 7) is 1.91. The highest BCUT2D eigenvalue weighted by Crippen LogP contribution is 2.28. The molecule has 0 saturated heterocycles. The first-order valence-electron chi connectivity index (χ1n) is 7.12. The molecule has 126 valence electrons. The Morgan fingerprint density at radius 3 is 2.42 bits per heavy atom. The molecule has 0 aliphatic rings. The maximum atomic E-state index is 5.32. The number of halogens is 1. The average molecular weight is 408 g/mol. The molecule has 2 rings (SSSR count). The van der Waals surface area contributed by atoms with Crippen LogP contribution in [0.5, 0.6) is 11.5 Å². The molecule has 0 radical (unpaired) electrons. The smallest absolute Gasteiger partial charge is 0.191 e. The number of hydrazone groups is 1. The van der Waals surface area contributed by atoms with Gasteiger partial charge in [-0.25, -0.2) is 0 Å². The molecule has 0 unspecified atom stereocenters. The van der Waals surface area contributed by atoms with Gasteiger partial charge in [0.25, 0.3) is 0 Å². The SMILES string of the molecule is COc1ccc(NC(=S)N/N=C(\C)c2ccc(Br)cc2)c(OC)c1. The molecule has 0 saturated carbocycles. The van der Waals surface area contributed by atoms with Crippen molar-refractivity contribution in [3.63, 3.8) is 0 Å². The molecule has 0 aromatic heterocycles. The van der Waals surface area contributed by atoms with Gasteiger partial charge >= 0.3 is 0 Å². The summed E-state index contributed by atoms with van der Waals surface area (Å²) in [5, 5.41) is 7.72. The normalized spacial score (nSPS) is 10.9. The summed E-state index contributed by atoms with van der Waals surface area (Å²) in [6.07, 6.45) is 0. The van der Waals surface area contributed by atoms with Gasteiger partial charge in [0, 0.05) is 10.5 Å². The summed E-state index contributed by atoms with van der Waals surface area (Å²) < 4.78 is 11.5. The lowest BCUT2D eigenvalue weighted by Crippen LogP contribution is -2.25. The zero-order valence-corrected chi connectivity index (χ0v) is 16.0. The quantitative estimate of drug-likeness (QED) is 0.442. The zero-order chi connectivity index (χ0) is 17.5. The van der Waals surface area contributed by atoms with Crippen molar-refractivity contribution < 1.29 is 9.47 Å². The molecule has 0 atom stereocenters. The second-order valence-electron chi connectivity index (χ2n) is 4.84. The molecule has 0 fully saturated rings. The third-order valence-electron chi connectivity index (χ3n) is 3.24. The van der Waals surface area contributed by atoms with E-state index in [2.05, 4.69) is 31.8 Å². The maximum absolute atomic E-state index is 5.32. The van der Waals surface area contributed by atoms with E-state index in [0.29, 0.717) is 16.6 Å². The zero-order valence-electron chi connectivity index (χ0n) is 13.6. The molecule has 2 aromatic rings. The maximum Gasteiger partial charge on any atom is 0.191 e. The van der Waals surface area contributed by atoms with Crippen LogP contribution >= 0.6 is 28.1 Å². The van der Waals surface area contributed by atoms with Gasteiger partial charge in [0.15, 0.2) is 5.11 Å². The molecular weight excluding hydrogens is 390 g/mol. The van der Waals surface area contributed by atoms with Crippen LogP contribution < -0.4 is 20.2 Å². The Kier molecular flexibility index (Phi) is 6.57. The fraction of sp³-hybridized carbons (Fsp3) is 0.176. The summed E-state index contributed by atoms with van der Waals surface area (Å²) >= 11 is 8.68. The fourth-order valence-electron chi connectivity index (χ4n) is 1.94. The molecular formula is C17H18BrN3O2S. The van der Waals surface area contributed by atoms with Crippen LogP contribution in [0.1, 0.15) is 12.5 Å². The minimum Gasteiger partial charge on any atom is -0.497 e. The standard InChI is InChI=1S/C17H18BrN3O2S/c1-11(12-4-6-13(18)7-5-12)20-21-17(24)19-15-9-8-14(22-2)10-16(15)23-3/h4-10H,1-3H3,(H2,19,21,24)/b20-11+. The number of nitrogens with one attached hydrogen (secondary N) is 2. The van der Waals surface area contributed by atoms with E-state index in [1.165, 1.54) is 0 Å². The van der Waals surface area contributed by atoms with E-state index in [1.807, 2.05) is 43.3 Å². The number of nitrogens with zero attached hydrogens (tertiary/aromatic N) is 1. The summed E-state index contributed by atoms with van der Waals surface area (Å²) in [4.78, 5) is 0. The van der Waals surface area contributed by atoms with Crippen molar-refractivity contribution in [1.29, 1.82) is 0 Å². The van der Waals surface area contributed by atoms with Crippen molar-refractivity contribution in [2.24, 2.45) is 5.10 Å². The number of methoxy groups -OCH3 is 2. The van der Waals surface area contributed by atoms with Crippen LogP contribution in [0.2, 0.25) is 0 Å². The number of benzene rings is 2. The van der Waals surface area contributed by atoms with E-state index in [-0.39, 0.29) is 0 Å². The van der Waals surface area contributed by atoms with Crippen molar-refractivity contribution in [3.8, 4) is 11.5 Å². The lowest BCUT2D eigenvalue weighted by Gasteiger charge is -2.13. The Morgan fingerprint density at radius 1 is 1.08 bits per heavy atom. The van der Waals surface area contributed by atoms with Gasteiger partial charge in [0.1, 0.15) is 11.5 Å². The van der Waals surface area contributed by atoms with E-state index < -0.39 is 0 Å². The summed E-state index contributed by atoms with van der Waals surface area (Å²) in [5.41, 5.74) is 5.40. The van der Waals surface area contributed by atoms with Crippen LogP contribution in [0.25, 0.3) is 0 Å². The van der Waals surface area contributed by atoms with E-state index in [9.17, 15) is 0 Å². The average Bonchev–Trinajstić information content (AvgIpc) is 2.60. The number of thiocarbonyl (C=S) groups is 1. The van der Waals surface area contributed by atoms with Crippen LogP contribution in [0, 0.1) is 0 Å². The van der Waals surface area contributed by atoms with E-state index in [1.54, 1.807) is 20.3 Å². The van der Waals surface area contributed by atoms with Crippen LogP contribution in [0.4, 0.5) is 5.69 Å². The highest BCUT2D eigenvalue weighted by molar-refractivity contribution is 9.10. The van der Waals surface area contributed by atoms with Gasteiger partial charge in [-0.2, -0.15) is 5.10 Å². The number of hydrogen-bond acceptors (Lipinski definition) is 4. The number of rotatable bonds is 5. The molecule has 2 aromatic carbocycles. The summed E-state index contributed by atoms with van der Waals surface area (Å²) in [7, 11) is 3.19. The molecule has 0 spiro atoms. The van der Waals surface area contributed by atoms with Crippen LogP contribution in [0.3, 0.4) is 0 Å².